The fraction of sp³-hybridized carbons (Fsp3) is 0.100. The number of hydrogen-bond donors (Lipinski definition) is 1. The fourth-order valence-corrected chi connectivity index (χ4v) is 1.50. The van der Waals surface area contributed by atoms with Crippen molar-refractivity contribution in [2.75, 3.05) is 11.4 Å². The summed E-state index contributed by atoms with van der Waals surface area (Å²) in [5.41, 5.74) is 0.504. The van der Waals surface area contributed by atoms with E-state index in [1.807, 2.05) is 0 Å². The van der Waals surface area contributed by atoms with Crippen molar-refractivity contribution < 1.29 is 19.5 Å². The average Bonchev–Trinajstić information content (AvgIpc) is 2.55. The summed E-state index contributed by atoms with van der Waals surface area (Å²) in [5, 5.41) is 8.68. The summed E-state index contributed by atoms with van der Waals surface area (Å²) < 4.78 is 0. The van der Waals surface area contributed by atoms with E-state index in [1.54, 1.807) is 30.3 Å². The second-order valence-electron chi connectivity index (χ2n) is 3.22. The van der Waals surface area contributed by atoms with Crippen LogP contribution in [-0.2, 0) is 4.79 Å². The average molecular weight is 220 g/mol. The van der Waals surface area contributed by atoms with Crippen LogP contribution in [0.5, 0.6) is 0 Å². The van der Waals surface area contributed by atoms with Crippen LogP contribution in [-0.4, -0.2) is 34.6 Å². The Balaban J connectivity index is 2.31. The van der Waals surface area contributed by atoms with Crippen molar-refractivity contribution in [2.24, 2.45) is 0 Å². The van der Waals surface area contributed by atoms with Crippen LogP contribution in [0.25, 0.3) is 0 Å². The Kier molecular flexibility index (Phi) is 2.32. The van der Waals surface area contributed by atoms with Crippen molar-refractivity contribution in [3.05, 3.63) is 30.3 Å². The summed E-state index contributed by atoms with van der Waals surface area (Å²) in [5.74, 6) is -0.735. The molecule has 0 bridgehead atoms. The van der Waals surface area contributed by atoms with Crippen LogP contribution in [0.4, 0.5) is 15.3 Å². The number of carbonyl (C=O) groups excluding carboxylic acids is 2. The van der Waals surface area contributed by atoms with E-state index in [4.69, 9.17) is 5.11 Å². The maximum Gasteiger partial charge on any atom is 0.422 e. The molecule has 0 unspecified atom stereocenters. The van der Waals surface area contributed by atoms with Gasteiger partial charge in [-0.3, -0.25) is 9.69 Å². The summed E-state index contributed by atoms with van der Waals surface area (Å²) in [7, 11) is 0. The van der Waals surface area contributed by atoms with Crippen LogP contribution in [0, 0.1) is 0 Å². The first kappa shape index (κ1) is 10.2. The smallest absolute Gasteiger partial charge is 0.422 e. The lowest BCUT2D eigenvalue weighted by atomic mass is 10.3. The highest BCUT2D eigenvalue weighted by molar-refractivity contribution is 6.20. The minimum Gasteiger partial charge on any atom is -0.464 e. The van der Waals surface area contributed by atoms with Crippen molar-refractivity contribution in [1.29, 1.82) is 0 Å². The molecule has 0 aliphatic carbocycles. The van der Waals surface area contributed by atoms with E-state index in [0.717, 1.165) is 4.90 Å². The molecule has 6 heteroatoms. The maximum atomic E-state index is 11.6. The van der Waals surface area contributed by atoms with Crippen LogP contribution in [0.15, 0.2) is 30.3 Å². The lowest BCUT2D eigenvalue weighted by Gasteiger charge is -2.13. The fourth-order valence-electron chi connectivity index (χ4n) is 1.50. The molecule has 4 amide bonds. The van der Waals surface area contributed by atoms with Gasteiger partial charge in [-0.25, -0.2) is 9.59 Å². The number of amides is 4. The van der Waals surface area contributed by atoms with Gasteiger partial charge in [-0.15, -0.1) is 0 Å². The molecule has 0 aromatic heterocycles. The molecule has 1 heterocycles. The standard InChI is InChI=1S/C10H8N2O4/c13-8-6-11(7-4-2-1-3-5-7)9(14)12(8)10(15)16/h1-5H,6H2,(H,15,16). The van der Waals surface area contributed by atoms with Crippen LogP contribution in [0.1, 0.15) is 0 Å². The van der Waals surface area contributed by atoms with Gasteiger partial charge in [-0.2, -0.15) is 4.90 Å². The van der Waals surface area contributed by atoms with E-state index in [2.05, 4.69) is 0 Å². The molecule has 0 spiro atoms. The van der Waals surface area contributed by atoms with Gasteiger partial charge in [0.05, 0.1) is 0 Å². The lowest BCUT2D eigenvalue weighted by molar-refractivity contribution is -0.123. The number of nitrogens with zero attached hydrogens (tertiary/aromatic N) is 2. The van der Waals surface area contributed by atoms with Gasteiger partial charge >= 0.3 is 12.1 Å². The number of benzene rings is 1. The molecule has 6 nitrogen and oxygen atoms in total. The highest BCUT2D eigenvalue weighted by Gasteiger charge is 2.41. The van der Waals surface area contributed by atoms with Gasteiger partial charge in [0.2, 0.25) is 0 Å². The third-order valence-electron chi connectivity index (χ3n) is 2.22. The van der Waals surface area contributed by atoms with Gasteiger partial charge in [-0.1, -0.05) is 18.2 Å². The predicted molar refractivity (Wildman–Crippen MR) is 54.1 cm³/mol. The van der Waals surface area contributed by atoms with Crippen molar-refractivity contribution in [1.82, 2.24) is 4.90 Å². The third kappa shape index (κ3) is 1.50. The minimum atomic E-state index is -1.55. The molecule has 0 saturated carbocycles. The highest BCUT2D eigenvalue weighted by atomic mass is 16.4. The molecule has 1 aromatic carbocycles. The molecule has 16 heavy (non-hydrogen) atoms. The normalized spacial score (nSPS) is 15.8. The Bertz CT molecular complexity index is 457. The summed E-state index contributed by atoms with van der Waals surface area (Å²) in [4.78, 5) is 34.9. The summed E-state index contributed by atoms with van der Waals surface area (Å²) in [6.07, 6.45) is -1.55. The Morgan fingerprint density at radius 2 is 1.81 bits per heavy atom. The quantitative estimate of drug-likeness (QED) is 0.719. The van der Waals surface area contributed by atoms with Crippen LogP contribution in [0.2, 0.25) is 0 Å². The van der Waals surface area contributed by atoms with Gasteiger partial charge in [0.1, 0.15) is 6.54 Å². The molecule has 1 aromatic rings. The Morgan fingerprint density at radius 1 is 1.19 bits per heavy atom. The predicted octanol–water partition coefficient (Wildman–Crippen LogP) is 1.13. The molecule has 1 fully saturated rings. The zero-order chi connectivity index (χ0) is 11.7. The Morgan fingerprint density at radius 3 is 2.31 bits per heavy atom. The van der Waals surface area contributed by atoms with Crippen molar-refractivity contribution >= 4 is 23.7 Å². The van der Waals surface area contributed by atoms with Gasteiger partial charge in [0.15, 0.2) is 0 Å². The Labute approximate surface area is 90.7 Å². The zero-order valence-electron chi connectivity index (χ0n) is 8.16. The first-order chi connectivity index (χ1) is 7.61. The van der Waals surface area contributed by atoms with E-state index in [-0.39, 0.29) is 11.4 Å². The molecule has 1 N–H and O–H groups in total. The van der Waals surface area contributed by atoms with E-state index in [0.29, 0.717) is 5.69 Å². The topological polar surface area (TPSA) is 77.9 Å². The van der Waals surface area contributed by atoms with Crippen molar-refractivity contribution in [3.63, 3.8) is 0 Å². The number of carboxylic acid groups (broad SMARTS) is 1. The van der Waals surface area contributed by atoms with E-state index in [1.165, 1.54) is 0 Å². The number of rotatable bonds is 1. The monoisotopic (exact) mass is 220 g/mol. The van der Waals surface area contributed by atoms with Crippen molar-refractivity contribution in [2.45, 2.75) is 0 Å². The van der Waals surface area contributed by atoms with Gasteiger partial charge in [-0.05, 0) is 12.1 Å². The second-order valence-corrected chi connectivity index (χ2v) is 3.22. The molecular weight excluding hydrogens is 212 g/mol. The largest absolute Gasteiger partial charge is 0.464 e. The molecule has 1 saturated heterocycles. The molecule has 0 radical (unpaired) electrons. The molecule has 1 aliphatic heterocycles. The second kappa shape index (κ2) is 3.65. The number of carbonyl (C=O) groups is 3. The first-order valence-electron chi connectivity index (χ1n) is 4.53. The van der Waals surface area contributed by atoms with E-state index < -0.39 is 18.0 Å². The molecule has 2 rings (SSSR count). The molecular formula is C10H8N2O4. The van der Waals surface area contributed by atoms with Gasteiger partial charge in [0.25, 0.3) is 5.91 Å². The number of para-hydroxylation sites is 1. The van der Waals surface area contributed by atoms with Gasteiger partial charge in [0, 0.05) is 5.69 Å². The number of urea groups is 1. The van der Waals surface area contributed by atoms with Crippen LogP contribution in [0.3, 0.4) is 0 Å². The Hall–Kier alpha value is -2.37. The molecule has 0 atom stereocenters. The lowest BCUT2D eigenvalue weighted by Crippen LogP contribution is -2.37. The van der Waals surface area contributed by atoms with Crippen LogP contribution >= 0.6 is 0 Å². The van der Waals surface area contributed by atoms with Crippen molar-refractivity contribution in [3.8, 4) is 0 Å². The minimum absolute atomic E-state index is 0.215. The summed E-state index contributed by atoms with van der Waals surface area (Å²) in [6, 6.07) is 7.62. The SMILES string of the molecule is O=C(O)N1C(=O)CN(c2ccccc2)C1=O. The van der Waals surface area contributed by atoms with E-state index >= 15 is 0 Å². The number of anilines is 1. The van der Waals surface area contributed by atoms with Crippen LogP contribution < -0.4 is 4.90 Å². The first-order valence-corrected chi connectivity index (χ1v) is 4.53. The summed E-state index contributed by atoms with van der Waals surface area (Å²) in [6.45, 7) is -0.241. The zero-order valence-corrected chi connectivity index (χ0v) is 8.16. The number of hydrogen-bond acceptors (Lipinski definition) is 3. The summed E-state index contributed by atoms with van der Waals surface area (Å²) >= 11 is 0. The van der Waals surface area contributed by atoms with E-state index in [9.17, 15) is 14.4 Å². The third-order valence-corrected chi connectivity index (χ3v) is 2.22. The molecule has 82 valence electrons. The maximum absolute atomic E-state index is 11.6. The molecule has 1 aliphatic rings. The highest BCUT2D eigenvalue weighted by Crippen LogP contribution is 2.20. The number of imide groups is 3. The van der Waals surface area contributed by atoms with Gasteiger partial charge < -0.3 is 5.11 Å².